The molecule has 2 aromatic rings. The van der Waals surface area contributed by atoms with Gasteiger partial charge in [0, 0.05) is 5.02 Å². The second-order valence-electron chi connectivity index (χ2n) is 6.94. The standard InChI is InChI=1S/C23H28ClNO4S/c1-4-6-8-17(7-5-2)22(18-9-11-19(12-10-18)23(26)29-3)25-30(27,28)21-15-13-20(24)14-16-21/h8-16,22,25H,4-7H2,1-3H3/t22-/m1/s1. The van der Waals surface area contributed by atoms with Crippen LogP contribution < -0.4 is 4.72 Å². The summed E-state index contributed by atoms with van der Waals surface area (Å²) in [6.07, 6.45) is 5.56. The molecule has 5 nitrogen and oxygen atoms in total. The van der Waals surface area contributed by atoms with Crippen LogP contribution in [0.15, 0.2) is 65.1 Å². The van der Waals surface area contributed by atoms with Crippen LogP contribution in [0.25, 0.3) is 0 Å². The molecule has 0 saturated heterocycles. The number of allylic oxidation sites excluding steroid dienone is 1. The lowest BCUT2D eigenvalue weighted by Gasteiger charge is -2.23. The first-order chi connectivity index (χ1) is 14.3. The van der Waals surface area contributed by atoms with Crippen molar-refractivity contribution in [2.24, 2.45) is 0 Å². The van der Waals surface area contributed by atoms with E-state index in [1.165, 1.54) is 19.2 Å². The van der Waals surface area contributed by atoms with E-state index < -0.39 is 22.0 Å². The van der Waals surface area contributed by atoms with Gasteiger partial charge in [0.15, 0.2) is 0 Å². The van der Waals surface area contributed by atoms with Crippen LogP contribution in [-0.2, 0) is 14.8 Å². The predicted molar refractivity (Wildman–Crippen MR) is 120 cm³/mol. The first kappa shape index (κ1) is 24.1. The summed E-state index contributed by atoms with van der Waals surface area (Å²) < 4.78 is 33.7. The molecule has 162 valence electrons. The molecule has 0 radical (unpaired) electrons. The molecule has 0 saturated carbocycles. The van der Waals surface area contributed by atoms with E-state index in [0.717, 1.165) is 36.8 Å². The summed E-state index contributed by atoms with van der Waals surface area (Å²) in [4.78, 5) is 11.9. The second kappa shape index (κ2) is 11.3. The van der Waals surface area contributed by atoms with E-state index in [1.54, 1.807) is 36.4 Å². The van der Waals surface area contributed by atoms with Gasteiger partial charge in [-0.25, -0.2) is 13.2 Å². The highest BCUT2D eigenvalue weighted by molar-refractivity contribution is 7.89. The summed E-state index contributed by atoms with van der Waals surface area (Å²) in [6.45, 7) is 4.14. The van der Waals surface area contributed by atoms with Crippen molar-refractivity contribution in [1.29, 1.82) is 0 Å². The van der Waals surface area contributed by atoms with Gasteiger partial charge in [-0.1, -0.05) is 62.1 Å². The van der Waals surface area contributed by atoms with E-state index >= 15 is 0 Å². The molecular formula is C23H28ClNO4S. The lowest BCUT2D eigenvalue weighted by Crippen LogP contribution is -2.30. The Kier molecular flexibility index (Phi) is 9.08. The highest BCUT2D eigenvalue weighted by Gasteiger charge is 2.24. The number of unbranched alkanes of at least 4 members (excludes halogenated alkanes) is 1. The number of halogens is 1. The number of esters is 1. The summed E-state index contributed by atoms with van der Waals surface area (Å²) in [7, 11) is -2.46. The average Bonchev–Trinajstić information content (AvgIpc) is 2.75. The monoisotopic (exact) mass is 449 g/mol. The Morgan fingerprint density at radius 3 is 2.23 bits per heavy atom. The van der Waals surface area contributed by atoms with Crippen molar-refractivity contribution < 1.29 is 17.9 Å². The Balaban J connectivity index is 2.47. The van der Waals surface area contributed by atoms with Gasteiger partial charge in [0.05, 0.1) is 23.6 Å². The van der Waals surface area contributed by atoms with Gasteiger partial charge < -0.3 is 4.74 Å². The summed E-state index contributed by atoms with van der Waals surface area (Å²) >= 11 is 5.90. The van der Waals surface area contributed by atoms with Crippen LogP contribution in [0.1, 0.15) is 61.5 Å². The number of hydrogen-bond donors (Lipinski definition) is 1. The highest BCUT2D eigenvalue weighted by atomic mass is 35.5. The predicted octanol–water partition coefficient (Wildman–Crippen LogP) is 5.67. The Hall–Kier alpha value is -2.15. The minimum absolute atomic E-state index is 0.148. The van der Waals surface area contributed by atoms with Crippen LogP contribution in [-0.4, -0.2) is 21.5 Å². The van der Waals surface area contributed by atoms with Gasteiger partial charge in [-0.2, -0.15) is 4.72 Å². The van der Waals surface area contributed by atoms with Crippen molar-refractivity contribution in [3.63, 3.8) is 0 Å². The Morgan fingerprint density at radius 2 is 1.70 bits per heavy atom. The lowest BCUT2D eigenvalue weighted by atomic mass is 9.94. The lowest BCUT2D eigenvalue weighted by molar-refractivity contribution is 0.0600. The molecule has 0 bridgehead atoms. The summed E-state index contributed by atoms with van der Waals surface area (Å²) in [5.74, 6) is -0.435. The third-order valence-electron chi connectivity index (χ3n) is 4.67. The van der Waals surface area contributed by atoms with Gasteiger partial charge >= 0.3 is 5.97 Å². The molecule has 0 unspecified atom stereocenters. The maximum absolute atomic E-state index is 13.1. The summed E-state index contributed by atoms with van der Waals surface area (Å²) in [5.41, 5.74) is 2.17. The molecule has 1 N–H and O–H groups in total. The van der Waals surface area contributed by atoms with Gasteiger partial charge in [-0.15, -0.1) is 0 Å². The summed E-state index contributed by atoms with van der Waals surface area (Å²) in [6, 6.07) is 12.3. The van der Waals surface area contributed by atoms with E-state index in [-0.39, 0.29) is 4.90 Å². The fraction of sp³-hybridized carbons (Fsp3) is 0.348. The molecule has 30 heavy (non-hydrogen) atoms. The Morgan fingerprint density at radius 1 is 1.07 bits per heavy atom. The van der Waals surface area contributed by atoms with Crippen LogP contribution in [0.3, 0.4) is 0 Å². The van der Waals surface area contributed by atoms with Crippen molar-refractivity contribution in [2.45, 2.75) is 50.5 Å². The topological polar surface area (TPSA) is 72.5 Å². The first-order valence-electron chi connectivity index (χ1n) is 9.97. The fourth-order valence-electron chi connectivity index (χ4n) is 3.11. The smallest absolute Gasteiger partial charge is 0.337 e. The zero-order chi connectivity index (χ0) is 22.1. The number of ether oxygens (including phenoxy) is 1. The minimum atomic E-state index is -3.78. The molecule has 0 aliphatic rings. The fourth-order valence-corrected chi connectivity index (χ4v) is 4.46. The number of carbonyl (C=O) groups excluding carboxylic acids is 1. The van der Waals surface area contributed by atoms with Crippen LogP contribution in [0.5, 0.6) is 0 Å². The molecule has 7 heteroatoms. The first-order valence-corrected chi connectivity index (χ1v) is 11.8. The molecule has 0 aliphatic heterocycles. The van der Waals surface area contributed by atoms with E-state index in [1.807, 2.05) is 0 Å². The number of benzene rings is 2. The highest BCUT2D eigenvalue weighted by Crippen LogP contribution is 2.29. The van der Waals surface area contributed by atoms with Crippen LogP contribution in [0, 0.1) is 0 Å². The normalized spacial score (nSPS) is 13.1. The number of sulfonamides is 1. The van der Waals surface area contributed by atoms with Crippen molar-refractivity contribution in [2.75, 3.05) is 7.11 Å². The zero-order valence-electron chi connectivity index (χ0n) is 17.5. The van der Waals surface area contributed by atoms with E-state index in [4.69, 9.17) is 16.3 Å². The maximum Gasteiger partial charge on any atom is 0.337 e. The van der Waals surface area contributed by atoms with Crippen LogP contribution in [0.4, 0.5) is 0 Å². The molecule has 0 heterocycles. The number of carbonyl (C=O) groups is 1. The van der Waals surface area contributed by atoms with Crippen LogP contribution in [0.2, 0.25) is 5.02 Å². The number of hydrogen-bond acceptors (Lipinski definition) is 4. The van der Waals surface area contributed by atoms with Crippen molar-refractivity contribution in [1.82, 2.24) is 4.72 Å². The Bertz CT molecular complexity index is 967. The number of methoxy groups -OCH3 is 1. The van der Waals surface area contributed by atoms with Crippen molar-refractivity contribution >= 4 is 27.6 Å². The SMILES string of the molecule is CCCC=C(CCC)[C@@H](NS(=O)(=O)c1ccc(Cl)cc1)c1ccc(C(=O)OC)cc1. The zero-order valence-corrected chi connectivity index (χ0v) is 19.1. The number of rotatable bonds is 10. The minimum Gasteiger partial charge on any atom is -0.465 e. The van der Waals surface area contributed by atoms with Crippen LogP contribution >= 0.6 is 11.6 Å². The molecule has 0 fully saturated rings. The van der Waals surface area contributed by atoms with Crippen molar-refractivity contribution in [3.05, 3.63) is 76.3 Å². The van der Waals surface area contributed by atoms with Gasteiger partial charge in [0.2, 0.25) is 10.0 Å². The maximum atomic E-state index is 13.1. The molecule has 0 amide bonds. The molecular weight excluding hydrogens is 422 g/mol. The average molecular weight is 450 g/mol. The quantitative estimate of drug-likeness (QED) is 0.374. The molecule has 0 aromatic heterocycles. The Labute approximate surface area is 184 Å². The largest absolute Gasteiger partial charge is 0.465 e. The van der Waals surface area contributed by atoms with E-state index in [0.29, 0.717) is 10.6 Å². The van der Waals surface area contributed by atoms with Crippen molar-refractivity contribution in [3.8, 4) is 0 Å². The molecule has 0 spiro atoms. The van der Waals surface area contributed by atoms with Gasteiger partial charge in [0.25, 0.3) is 0 Å². The summed E-state index contributed by atoms with van der Waals surface area (Å²) in [5, 5.41) is 0.471. The van der Waals surface area contributed by atoms with Gasteiger partial charge in [0.1, 0.15) is 0 Å². The molecule has 2 rings (SSSR count). The second-order valence-corrected chi connectivity index (χ2v) is 9.09. The molecule has 2 aromatic carbocycles. The molecule has 1 atom stereocenters. The van der Waals surface area contributed by atoms with Gasteiger partial charge in [-0.05, 0) is 54.8 Å². The third-order valence-corrected chi connectivity index (χ3v) is 6.36. The number of nitrogens with one attached hydrogen (secondary N) is 1. The van der Waals surface area contributed by atoms with Gasteiger partial charge in [-0.3, -0.25) is 0 Å². The van der Waals surface area contributed by atoms with E-state index in [9.17, 15) is 13.2 Å². The third kappa shape index (κ3) is 6.42. The molecule has 0 aliphatic carbocycles. The van der Waals surface area contributed by atoms with E-state index in [2.05, 4.69) is 24.6 Å².